The van der Waals surface area contributed by atoms with E-state index in [9.17, 15) is 4.79 Å². The number of esters is 1. The van der Waals surface area contributed by atoms with E-state index in [-0.39, 0.29) is 11.9 Å². The van der Waals surface area contributed by atoms with E-state index in [1.165, 1.54) is 6.07 Å². The topological polar surface area (TPSA) is 61.3 Å². The molecular formula is C15H13ClN2O3. The molecule has 3 rings (SSSR count). The highest BCUT2D eigenvalue weighted by molar-refractivity contribution is 6.29. The largest absolute Gasteiger partial charge is 0.439 e. The van der Waals surface area contributed by atoms with Gasteiger partial charge in [0.2, 0.25) is 5.88 Å². The third-order valence-corrected chi connectivity index (χ3v) is 3.41. The molecular weight excluding hydrogens is 292 g/mol. The number of rotatable bonds is 2. The minimum atomic E-state index is -0.229. The number of aryl methyl sites for hydroxylation is 1. The van der Waals surface area contributed by atoms with Gasteiger partial charge in [0.15, 0.2) is 0 Å². The molecule has 2 aromatic rings. The van der Waals surface area contributed by atoms with Crippen LogP contribution in [0, 0.1) is 6.92 Å². The number of carbonyl (C=O) groups excluding carboxylic acids is 1. The van der Waals surface area contributed by atoms with Crippen LogP contribution in [0.4, 0.5) is 0 Å². The molecule has 0 bridgehead atoms. The molecule has 0 saturated carbocycles. The molecule has 5 nitrogen and oxygen atoms in total. The number of benzene rings is 1. The molecule has 1 aliphatic rings. The normalized spacial score (nSPS) is 17.1. The van der Waals surface area contributed by atoms with Crippen molar-refractivity contribution in [2.45, 2.75) is 26.2 Å². The van der Waals surface area contributed by atoms with Crippen molar-refractivity contribution >= 4 is 17.6 Å². The average Bonchev–Trinajstić information content (AvgIpc) is 2.36. The van der Waals surface area contributed by atoms with Crippen molar-refractivity contribution in [3.63, 3.8) is 0 Å². The van der Waals surface area contributed by atoms with Crippen LogP contribution in [-0.4, -0.2) is 15.9 Å². The fourth-order valence-corrected chi connectivity index (χ4v) is 2.49. The van der Waals surface area contributed by atoms with E-state index in [1.54, 1.807) is 13.0 Å². The summed E-state index contributed by atoms with van der Waals surface area (Å²) in [6.07, 6.45) is 0.397. The van der Waals surface area contributed by atoms with Gasteiger partial charge in [0, 0.05) is 12.1 Å². The first kappa shape index (κ1) is 13.8. The lowest BCUT2D eigenvalue weighted by molar-refractivity contribution is -0.135. The van der Waals surface area contributed by atoms with E-state index in [2.05, 4.69) is 9.97 Å². The van der Waals surface area contributed by atoms with Gasteiger partial charge in [-0.3, -0.25) is 4.79 Å². The van der Waals surface area contributed by atoms with Gasteiger partial charge in [0.1, 0.15) is 22.5 Å². The molecule has 108 valence electrons. The highest BCUT2D eigenvalue weighted by atomic mass is 35.5. The predicted molar refractivity (Wildman–Crippen MR) is 77.0 cm³/mol. The van der Waals surface area contributed by atoms with Gasteiger partial charge in [-0.2, -0.15) is 4.98 Å². The van der Waals surface area contributed by atoms with Crippen LogP contribution in [-0.2, 0) is 4.79 Å². The van der Waals surface area contributed by atoms with Crippen LogP contribution in [0.5, 0.6) is 17.4 Å². The summed E-state index contributed by atoms with van der Waals surface area (Å²) in [6.45, 7) is 3.72. The fraction of sp³-hybridized carbons (Fsp3) is 0.267. The van der Waals surface area contributed by atoms with Crippen molar-refractivity contribution in [2.75, 3.05) is 0 Å². The maximum atomic E-state index is 11.5. The molecule has 1 aromatic heterocycles. The Morgan fingerprint density at radius 3 is 2.90 bits per heavy atom. The van der Waals surface area contributed by atoms with Gasteiger partial charge in [-0.1, -0.05) is 24.6 Å². The molecule has 0 fully saturated rings. The first-order chi connectivity index (χ1) is 10.0. The summed E-state index contributed by atoms with van der Waals surface area (Å²) in [5.41, 5.74) is 0.999. The third kappa shape index (κ3) is 2.97. The zero-order valence-corrected chi connectivity index (χ0v) is 12.3. The van der Waals surface area contributed by atoms with Crippen LogP contribution >= 0.6 is 11.6 Å². The standard InChI is InChI=1S/C15H13ClN2O3/c1-8-5-15(19)21-12-6-10(3-4-11(8)12)20-14-7-13(16)17-9(2)18-14/h3-4,6-8H,5H2,1-2H3. The molecule has 0 radical (unpaired) electrons. The smallest absolute Gasteiger partial charge is 0.311 e. The van der Waals surface area contributed by atoms with Crippen LogP contribution < -0.4 is 9.47 Å². The number of fused-ring (bicyclic) bond motifs is 1. The molecule has 6 heteroatoms. The number of halogens is 1. The summed E-state index contributed by atoms with van der Waals surface area (Å²) in [5, 5.41) is 0.315. The number of aromatic nitrogens is 2. The van der Waals surface area contributed by atoms with Crippen LogP contribution in [0.15, 0.2) is 24.3 Å². The second-order valence-corrected chi connectivity index (χ2v) is 5.34. The van der Waals surface area contributed by atoms with Gasteiger partial charge in [-0.15, -0.1) is 0 Å². The minimum Gasteiger partial charge on any atom is -0.439 e. The molecule has 21 heavy (non-hydrogen) atoms. The van der Waals surface area contributed by atoms with Crippen LogP contribution in [0.3, 0.4) is 0 Å². The van der Waals surface area contributed by atoms with E-state index in [1.807, 2.05) is 19.1 Å². The predicted octanol–water partition coefficient (Wildman–Crippen LogP) is 3.64. The minimum absolute atomic E-state index is 0.144. The van der Waals surface area contributed by atoms with E-state index < -0.39 is 0 Å². The fourth-order valence-electron chi connectivity index (χ4n) is 2.28. The molecule has 0 spiro atoms. The van der Waals surface area contributed by atoms with E-state index in [0.29, 0.717) is 34.8 Å². The lowest BCUT2D eigenvalue weighted by Gasteiger charge is -2.21. The summed E-state index contributed by atoms with van der Waals surface area (Å²) in [6, 6.07) is 6.94. The number of carbonyl (C=O) groups is 1. The van der Waals surface area contributed by atoms with Crippen LogP contribution in [0.25, 0.3) is 0 Å². The zero-order valence-electron chi connectivity index (χ0n) is 11.6. The molecule has 1 aliphatic heterocycles. The summed E-state index contributed by atoms with van der Waals surface area (Å²) in [4.78, 5) is 19.6. The number of hydrogen-bond acceptors (Lipinski definition) is 5. The van der Waals surface area contributed by atoms with Crippen molar-refractivity contribution in [3.05, 3.63) is 40.8 Å². The number of hydrogen-bond donors (Lipinski definition) is 0. The molecule has 0 aliphatic carbocycles. The third-order valence-electron chi connectivity index (χ3n) is 3.22. The molecule has 2 heterocycles. The summed E-state index contributed by atoms with van der Waals surface area (Å²) < 4.78 is 10.9. The van der Waals surface area contributed by atoms with Gasteiger partial charge >= 0.3 is 5.97 Å². The van der Waals surface area contributed by atoms with Crippen molar-refractivity contribution in [3.8, 4) is 17.4 Å². The molecule has 0 amide bonds. The van der Waals surface area contributed by atoms with E-state index in [0.717, 1.165) is 5.56 Å². The lowest BCUT2D eigenvalue weighted by Crippen LogP contribution is -2.18. The highest BCUT2D eigenvalue weighted by Gasteiger charge is 2.24. The number of nitrogens with zero attached hydrogens (tertiary/aromatic N) is 2. The van der Waals surface area contributed by atoms with E-state index >= 15 is 0 Å². The van der Waals surface area contributed by atoms with Crippen molar-refractivity contribution < 1.29 is 14.3 Å². The Labute approximate surface area is 126 Å². The van der Waals surface area contributed by atoms with Gasteiger partial charge < -0.3 is 9.47 Å². The molecule has 1 aromatic carbocycles. The monoisotopic (exact) mass is 304 g/mol. The Hall–Kier alpha value is -2.14. The molecule has 1 atom stereocenters. The zero-order chi connectivity index (χ0) is 15.0. The average molecular weight is 305 g/mol. The van der Waals surface area contributed by atoms with Crippen molar-refractivity contribution in [2.24, 2.45) is 0 Å². The summed E-state index contributed by atoms with van der Waals surface area (Å²) >= 11 is 5.87. The number of ether oxygens (including phenoxy) is 2. The Morgan fingerprint density at radius 2 is 2.14 bits per heavy atom. The molecule has 0 N–H and O–H groups in total. The SMILES string of the molecule is Cc1nc(Cl)cc(Oc2ccc3c(c2)OC(=O)CC3C)n1. The lowest BCUT2D eigenvalue weighted by atomic mass is 9.95. The molecule has 0 saturated heterocycles. The first-order valence-electron chi connectivity index (χ1n) is 6.55. The van der Waals surface area contributed by atoms with Gasteiger partial charge in [0.05, 0.1) is 6.42 Å². The Kier molecular flexibility index (Phi) is 3.51. The van der Waals surface area contributed by atoms with Crippen LogP contribution in [0.1, 0.15) is 30.7 Å². The quantitative estimate of drug-likeness (QED) is 0.481. The van der Waals surface area contributed by atoms with E-state index in [4.69, 9.17) is 21.1 Å². The van der Waals surface area contributed by atoms with Gasteiger partial charge in [0.25, 0.3) is 0 Å². The second-order valence-electron chi connectivity index (χ2n) is 4.96. The maximum Gasteiger partial charge on any atom is 0.311 e. The molecule has 1 unspecified atom stereocenters. The Morgan fingerprint density at radius 1 is 1.33 bits per heavy atom. The Bertz CT molecular complexity index is 698. The summed E-state index contributed by atoms with van der Waals surface area (Å²) in [5.74, 6) is 1.86. The van der Waals surface area contributed by atoms with Crippen molar-refractivity contribution in [1.82, 2.24) is 9.97 Å². The Balaban J connectivity index is 1.90. The van der Waals surface area contributed by atoms with Gasteiger partial charge in [-0.25, -0.2) is 4.98 Å². The maximum absolute atomic E-state index is 11.5. The van der Waals surface area contributed by atoms with Crippen molar-refractivity contribution in [1.29, 1.82) is 0 Å². The second kappa shape index (κ2) is 5.33. The van der Waals surface area contributed by atoms with Gasteiger partial charge in [-0.05, 0) is 24.5 Å². The summed E-state index contributed by atoms with van der Waals surface area (Å²) in [7, 11) is 0. The van der Waals surface area contributed by atoms with Crippen LogP contribution in [0.2, 0.25) is 5.15 Å². The first-order valence-corrected chi connectivity index (χ1v) is 6.93. The highest BCUT2D eigenvalue weighted by Crippen LogP contribution is 2.37.